The maximum Gasteiger partial charge on any atom is 0.303 e. The van der Waals surface area contributed by atoms with Crippen molar-refractivity contribution >= 4 is 17.9 Å². The third-order valence-corrected chi connectivity index (χ3v) is 2.79. The lowest BCUT2D eigenvalue weighted by molar-refractivity contribution is -0.210. The number of carbonyl (C=O) groups excluding carboxylic acids is 3. The maximum absolute atomic E-state index is 11.2. The van der Waals surface area contributed by atoms with Crippen LogP contribution in [0.1, 0.15) is 27.7 Å². The van der Waals surface area contributed by atoms with E-state index in [0.29, 0.717) is 0 Å². The Kier molecular flexibility index (Phi) is 5.46. The molecule has 5 atom stereocenters. The van der Waals surface area contributed by atoms with Crippen LogP contribution in [0.3, 0.4) is 0 Å². The van der Waals surface area contributed by atoms with Crippen molar-refractivity contribution in [1.82, 2.24) is 5.32 Å². The molecule has 114 valence electrons. The Labute approximate surface area is 116 Å². The smallest absolute Gasteiger partial charge is 0.303 e. The van der Waals surface area contributed by atoms with Gasteiger partial charge in [0, 0.05) is 26.8 Å². The number of hydrogen-bond donors (Lipinski definition) is 2. The molecule has 1 aliphatic rings. The Morgan fingerprint density at radius 1 is 0.850 bits per heavy atom. The molecule has 0 bridgehead atoms. The van der Waals surface area contributed by atoms with Crippen molar-refractivity contribution in [2.45, 2.75) is 58.3 Å². The fraction of sp³-hybridized carbons (Fsp3) is 0.750. The second-order valence-electron chi connectivity index (χ2n) is 4.62. The van der Waals surface area contributed by atoms with Crippen molar-refractivity contribution in [3.8, 4) is 0 Å². The molecule has 1 aliphatic heterocycles. The maximum atomic E-state index is 11.2. The molecule has 0 radical (unpaired) electrons. The second kappa shape index (κ2) is 6.67. The Hall–Kier alpha value is -1.67. The lowest BCUT2D eigenvalue weighted by Gasteiger charge is -2.42. The molecule has 1 saturated heterocycles. The van der Waals surface area contributed by atoms with Crippen LogP contribution in [0.5, 0.6) is 0 Å². The van der Waals surface area contributed by atoms with Crippen LogP contribution in [0.4, 0.5) is 0 Å². The van der Waals surface area contributed by atoms with Gasteiger partial charge in [-0.25, -0.2) is 0 Å². The first-order valence-electron chi connectivity index (χ1n) is 6.18. The number of aliphatic hydroxyl groups excluding tert-OH is 1. The zero-order chi connectivity index (χ0) is 15.4. The summed E-state index contributed by atoms with van der Waals surface area (Å²) in [6.45, 7) is 5.20. The minimum absolute atomic E-state index is 0.481. The Morgan fingerprint density at radius 3 is 1.70 bits per heavy atom. The van der Waals surface area contributed by atoms with Gasteiger partial charge in [0.2, 0.25) is 0 Å². The van der Waals surface area contributed by atoms with Crippen LogP contribution >= 0.6 is 0 Å². The van der Waals surface area contributed by atoms with E-state index in [0.717, 1.165) is 6.92 Å². The molecule has 1 heterocycles. The lowest BCUT2D eigenvalue weighted by Crippen LogP contribution is -2.66. The molecule has 2 N–H and O–H groups in total. The highest BCUT2D eigenvalue weighted by Crippen LogP contribution is 2.23. The normalized spacial score (nSPS) is 33.1. The first-order chi connectivity index (χ1) is 9.22. The van der Waals surface area contributed by atoms with Gasteiger partial charge < -0.3 is 19.3 Å². The zero-order valence-corrected chi connectivity index (χ0v) is 11.8. The number of ether oxygens (including phenoxy) is 3. The molecular formula is C12H19NO7. The summed E-state index contributed by atoms with van der Waals surface area (Å²) in [4.78, 5) is 33.4. The molecule has 1 fully saturated rings. The number of esters is 3. The molecule has 0 aromatic heterocycles. The monoisotopic (exact) mass is 289 g/mol. The van der Waals surface area contributed by atoms with Crippen LogP contribution in [0, 0.1) is 0 Å². The number of hydrogen-bond acceptors (Lipinski definition) is 8. The predicted molar refractivity (Wildman–Crippen MR) is 65.3 cm³/mol. The molecule has 0 spiro atoms. The van der Waals surface area contributed by atoms with Gasteiger partial charge in [0.05, 0.1) is 0 Å². The summed E-state index contributed by atoms with van der Waals surface area (Å²) in [5, 5.41) is 12.6. The van der Waals surface area contributed by atoms with E-state index in [4.69, 9.17) is 14.2 Å². The Balaban J connectivity index is 3.01. The van der Waals surface area contributed by atoms with Gasteiger partial charge in [0.25, 0.3) is 0 Å². The summed E-state index contributed by atoms with van der Waals surface area (Å²) in [5.41, 5.74) is 0. The van der Waals surface area contributed by atoms with Crippen LogP contribution in [0.2, 0.25) is 0 Å². The summed E-state index contributed by atoms with van der Waals surface area (Å²) in [7, 11) is 0. The van der Waals surface area contributed by atoms with Crippen LogP contribution in [0.25, 0.3) is 0 Å². The highest BCUT2D eigenvalue weighted by Gasteiger charge is 2.48. The quantitative estimate of drug-likeness (QED) is 0.507. The summed E-state index contributed by atoms with van der Waals surface area (Å²) < 4.78 is 15.1. The second-order valence-corrected chi connectivity index (χ2v) is 4.62. The van der Waals surface area contributed by atoms with Gasteiger partial charge in [-0.2, -0.15) is 0 Å². The van der Waals surface area contributed by atoms with Crippen molar-refractivity contribution in [1.29, 1.82) is 0 Å². The van der Waals surface area contributed by atoms with Gasteiger partial charge in [0.1, 0.15) is 6.23 Å². The van der Waals surface area contributed by atoms with E-state index in [9.17, 15) is 19.5 Å². The van der Waals surface area contributed by atoms with E-state index in [1.165, 1.54) is 13.8 Å². The van der Waals surface area contributed by atoms with Gasteiger partial charge in [-0.3, -0.25) is 19.7 Å². The van der Waals surface area contributed by atoms with Gasteiger partial charge >= 0.3 is 17.9 Å². The minimum atomic E-state index is -1.23. The summed E-state index contributed by atoms with van der Waals surface area (Å²) >= 11 is 0. The topological polar surface area (TPSA) is 111 Å². The SMILES string of the molecule is CC(=O)OC1C(OC(C)=O)[C@H](O)NC(C)[C@H]1OC(C)=O. The van der Waals surface area contributed by atoms with E-state index in [2.05, 4.69) is 5.32 Å². The summed E-state index contributed by atoms with van der Waals surface area (Å²) in [6.07, 6.45) is -4.34. The molecule has 0 saturated carbocycles. The molecule has 1 rings (SSSR count). The summed E-state index contributed by atoms with van der Waals surface area (Å²) in [6, 6.07) is -0.481. The molecule has 20 heavy (non-hydrogen) atoms. The largest absolute Gasteiger partial charge is 0.457 e. The van der Waals surface area contributed by atoms with Crippen LogP contribution < -0.4 is 5.32 Å². The van der Waals surface area contributed by atoms with Gasteiger partial charge in [-0.15, -0.1) is 0 Å². The van der Waals surface area contributed by atoms with Crippen molar-refractivity contribution in [3.05, 3.63) is 0 Å². The third-order valence-electron chi connectivity index (χ3n) is 2.79. The average Bonchev–Trinajstić information content (AvgIpc) is 2.27. The van der Waals surface area contributed by atoms with Crippen LogP contribution in [-0.4, -0.2) is 53.6 Å². The van der Waals surface area contributed by atoms with E-state index in [1.807, 2.05) is 0 Å². The molecule has 3 unspecified atom stereocenters. The molecule has 8 heteroatoms. The van der Waals surface area contributed by atoms with Crippen LogP contribution in [-0.2, 0) is 28.6 Å². The highest BCUT2D eigenvalue weighted by molar-refractivity contribution is 5.68. The third kappa shape index (κ3) is 4.17. The average molecular weight is 289 g/mol. The molecule has 8 nitrogen and oxygen atoms in total. The highest BCUT2D eigenvalue weighted by atomic mass is 16.6. The first kappa shape index (κ1) is 16.4. The first-order valence-corrected chi connectivity index (χ1v) is 6.18. The summed E-state index contributed by atoms with van der Waals surface area (Å²) in [5.74, 6) is -1.85. The van der Waals surface area contributed by atoms with E-state index in [-0.39, 0.29) is 0 Å². The zero-order valence-electron chi connectivity index (χ0n) is 11.8. The van der Waals surface area contributed by atoms with Gasteiger partial charge in [0.15, 0.2) is 18.3 Å². The van der Waals surface area contributed by atoms with Gasteiger partial charge in [-0.1, -0.05) is 0 Å². The lowest BCUT2D eigenvalue weighted by atomic mass is 9.95. The van der Waals surface area contributed by atoms with E-state index >= 15 is 0 Å². The fourth-order valence-corrected chi connectivity index (χ4v) is 2.12. The standard InChI is InChI=1S/C12H19NO7/c1-5-9(18-6(2)14)10(19-7(3)15)11(12(17)13-5)20-8(4)16/h5,9-13,17H,1-4H3/t5?,9-,10?,11?,12+/m1/s1. The molecule has 0 aromatic rings. The number of rotatable bonds is 3. The van der Waals surface area contributed by atoms with Crippen LogP contribution in [0.15, 0.2) is 0 Å². The molecule has 0 aliphatic carbocycles. The van der Waals surface area contributed by atoms with Crippen molar-refractivity contribution in [2.24, 2.45) is 0 Å². The number of aliphatic hydroxyl groups is 1. The van der Waals surface area contributed by atoms with E-state index < -0.39 is 48.5 Å². The number of piperidine rings is 1. The molecule has 0 amide bonds. The van der Waals surface area contributed by atoms with Crippen molar-refractivity contribution < 1.29 is 33.7 Å². The number of carbonyl (C=O) groups is 3. The Morgan fingerprint density at radius 2 is 1.25 bits per heavy atom. The van der Waals surface area contributed by atoms with E-state index in [1.54, 1.807) is 6.92 Å². The molecule has 0 aromatic carbocycles. The number of nitrogens with one attached hydrogen (secondary N) is 1. The minimum Gasteiger partial charge on any atom is -0.457 e. The van der Waals surface area contributed by atoms with Crippen molar-refractivity contribution in [3.63, 3.8) is 0 Å². The van der Waals surface area contributed by atoms with Gasteiger partial charge in [-0.05, 0) is 6.92 Å². The van der Waals surface area contributed by atoms with Crippen molar-refractivity contribution in [2.75, 3.05) is 0 Å². The molecular weight excluding hydrogens is 270 g/mol. The Bertz CT molecular complexity index is 369. The predicted octanol–water partition coefficient (Wildman–Crippen LogP) is -0.908. The fourth-order valence-electron chi connectivity index (χ4n) is 2.12.